The number of rotatable bonds is 4. The highest BCUT2D eigenvalue weighted by Crippen LogP contribution is 2.30. The van der Waals surface area contributed by atoms with Crippen molar-refractivity contribution in [2.75, 3.05) is 6.26 Å². The van der Waals surface area contributed by atoms with Gasteiger partial charge >= 0.3 is 0 Å². The summed E-state index contributed by atoms with van der Waals surface area (Å²) in [5.41, 5.74) is 0.839. The van der Waals surface area contributed by atoms with Crippen LogP contribution in [-0.2, 0) is 14.6 Å². The van der Waals surface area contributed by atoms with Crippen molar-refractivity contribution in [1.82, 2.24) is 0 Å². The van der Waals surface area contributed by atoms with E-state index >= 15 is 0 Å². The van der Waals surface area contributed by atoms with Crippen molar-refractivity contribution in [2.45, 2.75) is 17.7 Å². The molecule has 3 nitrogen and oxygen atoms in total. The van der Waals surface area contributed by atoms with E-state index in [2.05, 4.69) is 0 Å². The second kappa shape index (κ2) is 4.45. The van der Waals surface area contributed by atoms with Crippen molar-refractivity contribution in [2.24, 2.45) is 5.92 Å². The van der Waals surface area contributed by atoms with E-state index in [1.54, 1.807) is 36.4 Å². The third-order valence-corrected chi connectivity index (χ3v) is 3.86. The van der Waals surface area contributed by atoms with Gasteiger partial charge in [0.25, 0.3) is 0 Å². The molecule has 0 unspecified atom stereocenters. The Balaban J connectivity index is 2.10. The van der Waals surface area contributed by atoms with Gasteiger partial charge in [-0.1, -0.05) is 18.2 Å². The predicted octanol–water partition coefficient (Wildman–Crippen LogP) is 2.08. The number of benzene rings is 1. The molecule has 17 heavy (non-hydrogen) atoms. The Morgan fingerprint density at radius 3 is 2.29 bits per heavy atom. The maximum absolute atomic E-state index is 11.4. The smallest absolute Gasteiger partial charge is 0.175 e. The number of carbonyl (C=O) groups excluding carboxylic acids is 1. The molecule has 90 valence electrons. The fraction of sp³-hybridized carbons (Fsp3) is 0.308. The summed E-state index contributed by atoms with van der Waals surface area (Å²) in [6, 6.07) is 6.51. The van der Waals surface area contributed by atoms with Crippen molar-refractivity contribution >= 4 is 21.7 Å². The van der Waals surface area contributed by atoms with Gasteiger partial charge in [-0.15, -0.1) is 0 Å². The van der Waals surface area contributed by atoms with Gasteiger partial charge in [0.1, 0.15) is 0 Å². The molecule has 2 rings (SSSR count). The van der Waals surface area contributed by atoms with Crippen LogP contribution >= 0.6 is 0 Å². The molecule has 1 aromatic carbocycles. The van der Waals surface area contributed by atoms with Crippen LogP contribution in [0.1, 0.15) is 18.4 Å². The molecular weight excluding hydrogens is 236 g/mol. The van der Waals surface area contributed by atoms with Gasteiger partial charge in [0.05, 0.1) is 4.90 Å². The van der Waals surface area contributed by atoms with Crippen LogP contribution in [0.2, 0.25) is 0 Å². The Hall–Kier alpha value is -1.42. The first kappa shape index (κ1) is 12.0. The average molecular weight is 250 g/mol. The highest BCUT2D eigenvalue weighted by molar-refractivity contribution is 7.90. The summed E-state index contributed by atoms with van der Waals surface area (Å²) in [6.07, 6.45) is 6.47. The summed E-state index contributed by atoms with van der Waals surface area (Å²) in [5, 5.41) is 0. The van der Waals surface area contributed by atoms with Crippen molar-refractivity contribution < 1.29 is 13.2 Å². The van der Waals surface area contributed by atoms with Gasteiger partial charge in [0, 0.05) is 12.2 Å². The molecule has 0 aromatic heterocycles. The van der Waals surface area contributed by atoms with Crippen LogP contribution in [0.5, 0.6) is 0 Å². The third-order valence-electron chi connectivity index (χ3n) is 2.73. The van der Waals surface area contributed by atoms with E-state index in [0.717, 1.165) is 18.4 Å². The van der Waals surface area contributed by atoms with Gasteiger partial charge < -0.3 is 0 Å². The fourth-order valence-corrected chi connectivity index (χ4v) is 2.14. The molecule has 1 aliphatic rings. The quantitative estimate of drug-likeness (QED) is 0.769. The Kier molecular flexibility index (Phi) is 3.15. The predicted molar refractivity (Wildman–Crippen MR) is 66.3 cm³/mol. The topological polar surface area (TPSA) is 51.2 Å². The third kappa shape index (κ3) is 3.27. The van der Waals surface area contributed by atoms with Gasteiger partial charge in [0.15, 0.2) is 15.6 Å². The van der Waals surface area contributed by atoms with E-state index < -0.39 is 9.84 Å². The maximum atomic E-state index is 11.4. The molecule has 1 saturated carbocycles. The van der Waals surface area contributed by atoms with Crippen LogP contribution in [0.4, 0.5) is 0 Å². The lowest BCUT2D eigenvalue weighted by molar-refractivity contribution is -0.115. The molecule has 0 bridgehead atoms. The maximum Gasteiger partial charge on any atom is 0.175 e. The summed E-state index contributed by atoms with van der Waals surface area (Å²) < 4.78 is 22.5. The normalized spacial score (nSPS) is 16.3. The molecule has 0 spiro atoms. The standard InChI is InChI=1S/C13H14O3S/c1-17(15,16)12-7-2-10(3-8-12)4-9-13(14)11-5-6-11/h2-4,7-9,11H,5-6H2,1H3/b9-4+. The minimum atomic E-state index is -3.15. The Morgan fingerprint density at radius 1 is 1.24 bits per heavy atom. The molecule has 0 radical (unpaired) electrons. The number of hydrogen-bond acceptors (Lipinski definition) is 3. The Labute approximate surface area is 101 Å². The molecule has 1 fully saturated rings. The van der Waals surface area contributed by atoms with E-state index in [1.807, 2.05) is 0 Å². The highest BCUT2D eigenvalue weighted by Gasteiger charge is 2.27. The van der Waals surface area contributed by atoms with Gasteiger partial charge in [-0.05, 0) is 36.6 Å². The number of hydrogen-bond donors (Lipinski definition) is 0. The molecule has 0 heterocycles. The first-order chi connectivity index (χ1) is 7.97. The zero-order valence-corrected chi connectivity index (χ0v) is 10.4. The first-order valence-corrected chi connectivity index (χ1v) is 7.38. The zero-order valence-electron chi connectivity index (χ0n) is 9.59. The van der Waals surface area contributed by atoms with Crippen LogP contribution in [0.15, 0.2) is 35.2 Å². The van der Waals surface area contributed by atoms with E-state index in [-0.39, 0.29) is 11.7 Å². The Morgan fingerprint density at radius 2 is 1.82 bits per heavy atom. The van der Waals surface area contributed by atoms with Gasteiger partial charge in [-0.3, -0.25) is 4.79 Å². The SMILES string of the molecule is CS(=O)(=O)c1ccc(/C=C/C(=O)C2CC2)cc1. The largest absolute Gasteiger partial charge is 0.295 e. The van der Waals surface area contributed by atoms with Crippen LogP contribution in [0.3, 0.4) is 0 Å². The molecule has 0 amide bonds. The summed E-state index contributed by atoms with van der Waals surface area (Å²) in [6.45, 7) is 0. The monoisotopic (exact) mass is 250 g/mol. The average Bonchev–Trinajstić information content (AvgIpc) is 3.09. The number of sulfone groups is 1. The summed E-state index contributed by atoms with van der Waals surface area (Å²) in [4.78, 5) is 11.7. The van der Waals surface area contributed by atoms with Crippen molar-refractivity contribution in [3.8, 4) is 0 Å². The minimum absolute atomic E-state index is 0.164. The highest BCUT2D eigenvalue weighted by atomic mass is 32.2. The molecule has 0 aliphatic heterocycles. The van der Waals surface area contributed by atoms with Gasteiger partial charge in [-0.25, -0.2) is 8.42 Å². The Bertz CT molecular complexity index is 549. The van der Waals surface area contributed by atoms with Crippen LogP contribution in [0, 0.1) is 5.92 Å². The lowest BCUT2D eigenvalue weighted by Crippen LogP contribution is -1.96. The molecule has 1 aromatic rings. The summed E-state index contributed by atoms with van der Waals surface area (Å²) >= 11 is 0. The van der Waals surface area contributed by atoms with Crippen molar-refractivity contribution in [1.29, 1.82) is 0 Å². The van der Waals surface area contributed by atoms with Gasteiger partial charge in [0.2, 0.25) is 0 Å². The second-order valence-electron chi connectivity index (χ2n) is 4.35. The zero-order chi connectivity index (χ0) is 12.5. The van der Waals surface area contributed by atoms with Gasteiger partial charge in [-0.2, -0.15) is 0 Å². The molecule has 4 heteroatoms. The first-order valence-electron chi connectivity index (χ1n) is 5.49. The molecule has 1 aliphatic carbocycles. The number of ketones is 1. The summed E-state index contributed by atoms with van der Waals surface area (Å²) in [7, 11) is -3.15. The minimum Gasteiger partial charge on any atom is -0.295 e. The molecule has 0 saturated heterocycles. The molecule has 0 atom stereocenters. The van der Waals surface area contributed by atoms with E-state index in [4.69, 9.17) is 0 Å². The van der Waals surface area contributed by atoms with Crippen molar-refractivity contribution in [3.63, 3.8) is 0 Å². The lowest BCUT2D eigenvalue weighted by Gasteiger charge is -1.98. The molecule has 0 N–H and O–H groups in total. The van der Waals surface area contributed by atoms with E-state index in [0.29, 0.717) is 4.90 Å². The molecular formula is C13H14O3S. The summed E-state index contributed by atoms with van der Waals surface area (Å²) in [5.74, 6) is 0.388. The van der Waals surface area contributed by atoms with E-state index in [9.17, 15) is 13.2 Å². The van der Waals surface area contributed by atoms with Crippen LogP contribution in [0.25, 0.3) is 6.08 Å². The van der Waals surface area contributed by atoms with Crippen LogP contribution in [-0.4, -0.2) is 20.5 Å². The van der Waals surface area contributed by atoms with Crippen LogP contribution < -0.4 is 0 Å². The number of allylic oxidation sites excluding steroid dienone is 1. The van der Waals surface area contributed by atoms with E-state index in [1.165, 1.54) is 6.26 Å². The van der Waals surface area contributed by atoms with Crippen molar-refractivity contribution in [3.05, 3.63) is 35.9 Å². The number of carbonyl (C=O) groups is 1. The lowest BCUT2D eigenvalue weighted by atomic mass is 10.1. The fourth-order valence-electron chi connectivity index (χ4n) is 1.51. The second-order valence-corrected chi connectivity index (χ2v) is 6.37.